The molecular formula is C16H17FN2O2. The molecule has 1 saturated carbocycles. The van der Waals surface area contributed by atoms with Crippen molar-refractivity contribution in [3.8, 4) is 0 Å². The molecule has 4 nitrogen and oxygen atoms in total. The molecular weight excluding hydrogens is 271 g/mol. The maximum atomic E-state index is 13.3. The van der Waals surface area contributed by atoms with Crippen LogP contribution in [0.2, 0.25) is 0 Å². The molecule has 1 amide bonds. The van der Waals surface area contributed by atoms with Gasteiger partial charge in [-0.05, 0) is 49.8 Å². The van der Waals surface area contributed by atoms with Gasteiger partial charge < -0.3 is 9.73 Å². The second-order valence-electron chi connectivity index (χ2n) is 5.49. The molecule has 0 radical (unpaired) electrons. The number of benzene rings is 1. The number of hydrogen-bond donors (Lipinski definition) is 1. The summed E-state index contributed by atoms with van der Waals surface area (Å²) in [6, 6.07) is 6.80. The summed E-state index contributed by atoms with van der Waals surface area (Å²) in [5, 5.41) is 2.98. The van der Waals surface area contributed by atoms with Crippen molar-refractivity contribution in [1.82, 2.24) is 10.3 Å². The molecule has 1 N–H and O–H groups in total. The lowest BCUT2D eigenvalue weighted by atomic mass is 9.97. The Morgan fingerprint density at radius 1 is 1.43 bits per heavy atom. The average molecular weight is 288 g/mol. The molecule has 1 aromatic carbocycles. The van der Waals surface area contributed by atoms with Gasteiger partial charge in [0.25, 0.3) is 5.91 Å². The minimum Gasteiger partial charge on any atom is -0.448 e. The third-order valence-electron chi connectivity index (χ3n) is 4.05. The van der Waals surface area contributed by atoms with Gasteiger partial charge >= 0.3 is 0 Å². The van der Waals surface area contributed by atoms with Gasteiger partial charge in [0.05, 0.1) is 0 Å². The highest BCUT2D eigenvalue weighted by Gasteiger charge is 2.28. The van der Waals surface area contributed by atoms with Crippen molar-refractivity contribution in [3.05, 3.63) is 53.5 Å². The molecule has 1 aliphatic carbocycles. The third kappa shape index (κ3) is 2.96. The number of aryl methyl sites for hydroxylation is 1. The van der Waals surface area contributed by atoms with Crippen LogP contribution in [0.4, 0.5) is 4.39 Å². The van der Waals surface area contributed by atoms with Gasteiger partial charge in [0, 0.05) is 6.04 Å². The van der Waals surface area contributed by atoms with Crippen LogP contribution < -0.4 is 5.32 Å². The van der Waals surface area contributed by atoms with Gasteiger partial charge in [0.1, 0.15) is 11.6 Å². The predicted molar refractivity (Wildman–Crippen MR) is 75.5 cm³/mol. The van der Waals surface area contributed by atoms with Crippen molar-refractivity contribution in [2.24, 2.45) is 0 Å². The van der Waals surface area contributed by atoms with E-state index in [0.717, 1.165) is 24.8 Å². The lowest BCUT2D eigenvalue weighted by molar-refractivity contribution is 0.0931. The number of carbonyl (C=O) groups is 1. The largest absolute Gasteiger partial charge is 0.448 e. The molecule has 0 bridgehead atoms. The minimum atomic E-state index is -0.210. The first-order valence-electron chi connectivity index (χ1n) is 7.10. The molecule has 1 aromatic heterocycles. The van der Waals surface area contributed by atoms with Crippen LogP contribution in [0.15, 0.2) is 35.1 Å². The number of rotatable bonds is 3. The highest BCUT2D eigenvalue weighted by atomic mass is 19.1. The predicted octanol–water partition coefficient (Wildman–Crippen LogP) is 3.19. The number of carbonyl (C=O) groups excluding carboxylic acids is 1. The molecule has 0 spiro atoms. The van der Waals surface area contributed by atoms with Gasteiger partial charge in [-0.3, -0.25) is 4.79 Å². The summed E-state index contributed by atoms with van der Waals surface area (Å²) >= 11 is 0. The number of oxazole rings is 1. The molecule has 2 unspecified atom stereocenters. The van der Waals surface area contributed by atoms with Gasteiger partial charge in [-0.25, -0.2) is 9.37 Å². The van der Waals surface area contributed by atoms with Crippen molar-refractivity contribution in [2.45, 2.75) is 38.1 Å². The van der Waals surface area contributed by atoms with E-state index in [0.29, 0.717) is 17.4 Å². The fourth-order valence-electron chi connectivity index (χ4n) is 2.95. The fraction of sp³-hybridized carbons (Fsp3) is 0.375. The standard InChI is InChI=1S/C16H17FN2O2/c1-10-15(18-9-21-10)16(20)19-14-6-5-12(8-14)11-3-2-4-13(17)7-11/h2-4,7,9,12,14H,5-6,8H2,1H3,(H,19,20). The van der Waals surface area contributed by atoms with Crippen molar-refractivity contribution in [2.75, 3.05) is 0 Å². The Morgan fingerprint density at radius 3 is 3.00 bits per heavy atom. The summed E-state index contributed by atoms with van der Waals surface area (Å²) < 4.78 is 18.3. The number of amides is 1. The SMILES string of the molecule is Cc1ocnc1C(=O)NC1CCC(c2cccc(F)c2)C1. The Bertz CT molecular complexity index is 653. The fourth-order valence-corrected chi connectivity index (χ4v) is 2.95. The van der Waals surface area contributed by atoms with Crippen molar-refractivity contribution < 1.29 is 13.6 Å². The second kappa shape index (κ2) is 5.68. The van der Waals surface area contributed by atoms with Crippen LogP contribution in [0.3, 0.4) is 0 Å². The van der Waals surface area contributed by atoms with E-state index in [4.69, 9.17) is 4.42 Å². The smallest absolute Gasteiger partial charge is 0.273 e. The highest BCUT2D eigenvalue weighted by Crippen LogP contribution is 2.34. The van der Waals surface area contributed by atoms with Crippen LogP contribution in [-0.4, -0.2) is 16.9 Å². The number of halogens is 1. The maximum Gasteiger partial charge on any atom is 0.273 e. The van der Waals surface area contributed by atoms with E-state index in [-0.39, 0.29) is 17.8 Å². The average Bonchev–Trinajstić information content (AvgIpc) is 3.08. The van der Waals surface area contributed by atoms with Gasteiger partial charge in [0.15, 0.2) is 12.1 Å². The third-order valence-corrected chi connectivity index (χ3v) is 4.05. The zero-order valence-electron chi connectivity index (χ0n) is 11.8. The monoisotopic (exact) mass is 288 g/mol. The zero-order valence-corrected chi connectivity index (χ0v) is 11.8. The van der Waals surface area contributed by atoms with Crippen molar-refractivity contribution in [1.29, 1.82) is 0 Å². The van der Waals surface area contributed by atoms with Gasteiger partial charge in [0.2, 0.25) is 0 Å². The van der Waals surface area contributed by atoms with Gasteiger partial charge in [-0.15, -0.1) is 0 Å². The first-order valence-corrected chi connectivity index (χ1v) is 7.10. The second-order valence-corrected chi connectivity index (χ2v) is 5.49. The number of nitrogens with zero attached hydrogens (tertiary/aromatic N) is 1. The van der Waals surface area contributed by atoms with Gasteiger partial charge in [-0.1, -0.05) is 12.1 Å². The van der Waals surface area contributed by atoms with Crippen LogP contribution in [0.1, 0.15) is 47.0 Å². The first kappa shape index (κ1) is 13.8. The van der Waals surface area contributed by atoms with Crippen LogP contribution in [0, 0.1) is 12.7 Å². The van der Waals surface area contributed by atoms with E-state index >= 15 is 0 Å². The molecule has 2 aromatic rings. The molecule has 0 saturated heterocycles. The van der Waals surface area contributed by atoms with Crippen molar-refractivity contribution >= 4 is 5.91 Å². The van der Waals surface area contributed by atoms with E-state index in [2.05, 4.69) is 10.3 Å². The molecule has 1 heterocycles. The molecule has 3 rings (SSSR count). The Kier molecular flexibility index (Phi) is 3.73. The highest BCUT2D eigenvalue weighted by molar-refractivity contribution is 5.93. The summed E-state index contributed by atoms with van der Waals surface area (Å²) in [6.45, 7) is 1.71. The molecule has 21 heavy (non-hydrogen) atoms. The quantitative estimate of drug-likeness (QED) is 0.943. The van der Waals surface area contributed by atoms with Crippen LogP contribution in [0.5, 0.6) is 0 Å². The van der Waals surface area contributed by atoms with Crippen LogP contribution in [-0.2, 0) is 0 Å². The summed E-state index contributed by atoms with van der Waals surface area (Å²) in [5.74, 6) is 0.404. The molecule has 1 aliphatic rings. The molecule has 2 atom stereocenters. The van der Waals surface area contributed by atoms with Crippen LogP contribution >= 0.6 is 0 Å². The summed E-state index contributed by atoms with van der Waals surface area (Å²) in [4.78, 5) is 16.0. The lowest BCUT2D eigenvalue weighted by Gasteiger charge is -2.13. The Labute approximate surface area is 122 Å². The number of aromatic nitrogens is 1. The number of nitrogens with one attached hydrogen (secondary N) is 1. The minimum absolute atomic E-state index is 0.0990. The van der Waals surface area contributed by atoms with E-state index < -0.39 is 0 Å². The number of hydrogen-bond acceptors (Lipinski definition) is 3. The summed E-state index contributed by atoms with van der Waals surface area (Å²) in [5.41, 5.74) is 1.34. The molecule has 1 fully saturated rings. The molecule has 5 heteroatoms. The normalized spacial score (nSPS) is 21.4. The van der Waals surface area contributed by atoms with E-state index in [1.807, 2.05) is 6.07 Å². The Morgan fingerprint density at radius 2 is 2.29 bits per heavy atom. The summed E-state index contributed by atoms with van der Waals surface area (Å²) in [6.07, 6.45) is 3.94. The Balaban J connectivity index is 1.63. The first-order chi connectivity index (χ1) is 10.1. The van der Waals surface area contributed by atoms with E-state index in [9.17, 15) is 9.18 Å². The summed E-state index contributed by atoms with van der Waals surface area (Å²) in [7, 11) is 0. The van der Waals surface area contributed by atoms with Gasteiger partial charge in [-0.2, -0.15) is 0 Å². The van der Waals surface area contributed by atoms with Crippen LogP contribution in [0.25, 0.3) is 0 Å². The Hall–Kier alpha value is -2.17. The molecule has 110 valence electrons. The van der Waals surface area contributed by atoms with Crippen molar-refractivity contribution in [3.63, 3.8) is 0 Å². The lowest BCUT2D eigenvalue weighted by Crippen LogP contribution is -2.33. The molecule has 0 aliphatic heterocycles. The zero-order chi connectivity index (χ0) is 14.8. The van der Waals surface area contributed by atoms with E-state index in [1.165, 1.54) is 12.5 Å². The van der Waals surface area contributed by atoms with E-state index in [1.54, 1.807) is 19.1 Å². The topological polar surface area (TPSA) is 55.1 Å². The maximum absolute atomic E-state index is 13.3.